The van der Waals surface area contributed by atoms with Crippen LogP contribution in [-0.2, 0) is 0 Å². The van der Waals surface area contributed by atoms with Crippen LogP contribution in [0.15, 0.2) is 36.9 Å². The maximum Gasteiger partial charge on any atom is 0.271 e. The van der Waals surface area contributed by atoms with Crippen molar-refractivity contribution in [3.63, 3.8) is 0 Å². The first-order valence-corrected chi connectivity index (χ1v) is 6.47. The van der Waals surface area contributed by atoms with E-state index in [1.807, 2.05) is 26.0 Å². The molecular weight excluding hydrogens is 254 g/mol. The first kappa shape index (κ1) is 13.9. The van der Waals surface area contributed by atoms with Gasteiger partial charge >= 0.3 is 0 Å². The average Bonchev–Trinajstić information content (AvgIpc) is 2.49. The van der Waals surface area contributed by atoms with Crippen molar-refractivity contribution in [2.45, 2.75) is 19.9 Å². The number of hydrogen-bond donors (Lipinski definition) is 2. The Kier molecular flexibility index (Phi) is 4.60. The third kappa shape index (κ3) is 3.50. The van der Waals surface area contributed by atoms with Gasteiger partial charge in [-0.05, 0) is 25.5 Å². The molecule has 20 heavy (non-hydrogen) atoms. The van der Waals surface area contributed by atoms with E-state index < -0.39 is 0 Å². The Morgan fingerprint density at radius 3 is 2.75 bits per heavy atom. The fourth-order valence-corrected chi connectivity index (χ4v) is 1.70. The molecule has 2 aromatic heterocycles. The number of nitrogens with one attached hydrogen (secondary N) is 2. The molecule has 0 saturated heterocycles. The number of rotatable bonds is 5. The summed E-state index contributed by atoms with van der Waals surface area (Å²) in [6.07, 6.45) is 6.43. The van der Waals surface area contributed by atoms with Crippen molar-refractivity contribution in [1.29, 1.82) is 0 Å². The van der Waals surface area contributed by atoms with Gasteiger partial charge in [-0.1, -0.05) is 6.07 Å². The molecule has 0 radical (unpaired) electrons. The normalized spacial score (nSPS) is 11.7. The first-order valence-electron chi connectivity index (χ1n) is 6.47. The van der Waals surface area contributed by atoms with E-state index in [-0.39, 0.29) is 11.9 Å². The van der Waals surface area contributed by atoms with Crippen molar-refractivity contribution < 1.29 is 4.79 Å². The van der Waals surface area contributed by atoms with E-state index in [0.717, 1.165) is 12.1 Å². The molecule has 1 atom stereocenters. The maximum absolute atomic E-state index is 12.0. The molecule has 0 saturated carbocycles. The van der Waals surface area contributed by atoms with Crippen LogP contribution in [0.1, 0.15) is 35.9 Å². The Hall–Kier alpha value is -2.50. The standard InChI is InChI=1S/C14H17N5O/c1-3-16-13-9-17-12(8-18-13)14(20)19-10(2)11-5-4-6-15-7-11/h4-10H,3H2,1-2H3,(H,16,18)(H,19,20). The molecule has 2 heterocycles. The van der Waals surface area contributed by atoms with E-state index in [1.165, 1.54) is 6.20 Å². The third-order valence-electron chi connectivity index (χ3n) is 2.77. The fourth-order valence-electron chi connectivity index (χ4n) is 1.70. The molecule has 2 rings (SSSR count). The molecular formula is C14H17N5O. The van der Waals surface area contributed by atoms with Gasteiger partial charge < -0.3 is 10.6 Å². The zero-order valence-corrected chi connectivity index (χ0v) is 11.5. The molecule has 6 heteroatoms. The molecule has 2 N–H and O–H groups in total. The summed E-state index contributed by atoms with van der Waals surface area (Å²) in [5.74, 6) is 0.404. The molecule has 1 unspecified atom stereocenters. The Morgan fingerprint density at radius 1 is 1.30 bits per heavy atom. The molecule has 0 aliphatic rings. The minimum atomic E-state index is -0.253. The van der Waals surface area contributed by atoms with Gasteiger partial charge in [0.05, 0.1) is 18.4 Å². The van der Waals surface area contributed by atoms with E-state index in [0.29, 0.717) is 11.5 Å². The summed E-state index contributed by atoms with van der Waals surface area (Å²) in [6.45, 7) is 4.63. The topological polar surface area (TPSA) is 79.8 Å². The zero-order chi connectivity index (χ0) is 14.4. The van der Waals surface area contributed by atoms with Crippen LogP contribution in [0, 0.1) is 0 Å². The minimum Gasteiger partial charge on any atom is -0.369 e. The van der Waals surface area contributed by atoms with Gasteiger partial charge in [0, 0.05) is 18.9 Å². The molecule has 1 amide bonds. The number of hydrogen-bond acceptors (Lipinski definition) is 5. The van der Waals surface area contributed by atoms with Gasteiger partial charge in [0.1, 0.15) is 11.5 Å². The van der Waals surface area contributed by atoms with Gasteiger partial charge in [0.2, 0.25) is 0 Å². The lowest BCUT2D eigenvalue weighted by Crippen LogP contribution is -2.27. The second kappa shape index (κ2) is 6.60. The Morgan fingerprint density at radius 2 is 2.15 bits per heavy atom. The number of anilines is 1. The van der Waals surface area contributed by atoms with Crippen LogP contribution < -0.4 is 10.6 Å². The summed E-state index contributed by atoms with van der Waals surface area (Å²) >= 11 is 0. The van der Waals surface area contributed by atoms with Crippen molar-refractivity contribution in [1.82, 2.24) is 20.3 Å². The number of aromatic nitrogens is 3. The quantitative estimate of drug-likeness (QED) is 0.866. The lowest BCUT2D eigenvalue weighted by Gasteiger charge is -2.13. The maximum atomic E-state index is 12.0. The molecule has 104 valence electrons. The van der Waals surface area contributed by atoms with Gasteiger partial charge in [0.15, 0.2) is 0 Å². The fraction of sp³-hybridized carbons (Fsp3) is 0.286. The number of amides is 1. The van der Waals surface area contributed by atoms with Crippen LogP contribution in [0.25, 0.3) is 0 Å². The average molecular weight is 271 g/mol. The SMILES string of the molecule is CCNc1cnc(C(=O)NC(C)c2cccnc2)cn1. The van der Waals surface area contributed by atoms with Crippen LogP contribution in [0.2, 0.25) is 0 Å². The molecule has 0 aliphatic heterocycles. The Bertz CT molecular complexity index is 556. The van der Waals surface area contributed by atoms with Gasteiger partial charge in [-0.15, -0.1) is 0 Å². The van der Waals surface area contributed by atoms with E-state index in [2.05, 4.69) is 25.6 Å². The van der Waals surface area contributed by atoms with Crippen LogP contribution in [-0.4, -0.2) is 27.4 Å². The van der Waals surface area contributed by atoms with E-state index in [4.69, 9.17) is 0 Å². The second-order valence-corrected chi connectivity index (χ2v) is 4.30. The number of carbonyl (C=O) groups is 1. The van der Waals surface area contributed by atoms with Gasteiger partial charge in [-0.2, -0.15) is 0 Å². The first-order chi connectivity index (χ1) is 9.70. The minimum absolute atomic E-state index is 0.133. The van der Waals surface area contributed by atoms with Gasteiger partial charge in [-0.3, -0.25) is 9.78 Å². The molecule has 6 nitrogen and oxygen atoms in total. The van der Waals surface area contributed by atoms with Crippen LogP contribution in [0.3, 0.4) is 0 Å². The number of nitrogens with zero attached hydrogens (tertiary/aromatic N) is 3. The van der Waals surface area contributed by atoms with E-state index >= 15 is 0 Å². The summed E-state index contributed by atoms with van der Waals surface area (Å²) in [5, 5.41) is 5.89. The predicted molar refractivity (Wildman–Crippen MR) is 76.3 cm³/mol. The van der Waals surface area contributed by atoms with Crippen LogP contribution in [0.4, 0.5) is 5.82 Å². The highest BCUT2D eigenvalue weighted by molar-refractivity contribution is 5.92. The van der Waals surface area contributed by atoms with E-state index in [1.54, 1.807) is 18.6 Å². The highest BCUT2D eigenvalue weighted by Gasteiger charge is 2.12. The lowest BCUT2D eigenvalue weighted by atomic mass is 10.1. The largest absolute Gasteiger partial charge is 0.369 e. The van der Waals surface area contributed by atoms with Crippen molar-refractivity contribution in [3.05, 3.63) is 48.2 Å². The van der Waals surface area contributed by atoms with E-state index in [9.17, 15) is 4.79 Å². The Labute approximate surface area is 117 Å². The number of carbonyl (C=O) groups excluding carboxylic acids is 1. The Balaban J connectivity index is 2.01. The third-order valence-corrected chi connectivity index (χ3v) is 2.77. The molecule has 0 bridgehead atoms. The molecule has 2 aromatic rings. The highest BCUT2D eigenvalue weighted by atomic mass is 16.1. The van der Waals surface area contributed by atoms with Crippen LogP contribution >= 0.6 is 0 Å². The predicted octanol–water partition coefficient (Wildman–Crippen LogP) is 1.79. The highest BCUT2D eigenvalue weighted by Crippen LogP contribution is 2.10. The summed E-state index contributed by atoms with van der Waals surface area (Å²) in [5.41, 5.74) is 1.24. The molecule has 0 fully saturated rings. The smallest absolute Gasteiger partial charge is 0.271 e. The monoisotopic (exact) mass is 271 g/mol. The van der Waals surface area contributed by atoms with Gasteiger partial charge in [-0.25, -0.2) is 9.97 Å². The molecule has 0 aromatic carbocycles. The molecule has 0 spiro atoms. The number of pyridine rings is 1. The summed E-state index contributed by atoms with van der Waals surface area (Å²) in [4.78, 5) is 24.3. The lowest BCUT2D eigenvalue weighted by molar-refractivity contribution is 0.0934. The summed E-state index contributed by atoms with van der Waals surface area (Å²) in [7, 11) is 0. The van der Waals surface area contributed by atoms with Crippen molar-refractivity contribution >= 4 is 11.7 Å². The zero-order valence-electron chi connectivity index (χ0n) is 11.5. The van der Waals surface area contributed by atoms with Crippen LogP contribution in [0.5, 0.6) is 0 Å². The van der Waals surface area contributed by atoms with Crippen molar-refractivity contribution in [3.8, 4) is 0 Å². The summed E-state index contributed by atoms with van der Waals surface area (Å²) < 4.78 is 0. The van der Waals surface area contributed by atoms with Crippen molar-refractivity contribution in [2.75, 3.05) is 11.9 Å². The molecule has 0 aliphatic carbocycles. The van der Waals surface area contributed by atoms with Gasteiger partial charge in [0.25, 0.3) is 5.91 Å². The van der Waals surface area contributed by atoms with Crippen molar-refractivity contribution in [2.24, 2.45) is 0 Å². The second-order valence-electron chi connectivity index (χ2n) is 4.30. The summed E-state index contributed by atoms with van der Waals surface area (Å²) in [6, 6.07) is 3.62.